The van der Waals surface area contributed by atoms with Crippen molar-refractivity contribution in [1.82, 2.24) is 19.7 Å². The quantitative estimate of drug-likeness (QED) is 0.283. The predicted octanol–water partition coefficient (Wildman–Crippen LogP) is 6.14. The SMILES string of the molecule is COc1ccc(COc2cc(-c3cnn(C(C)c4c(F)cc(C(F)(F)F)cc4F)c3)nc(C)n2)cc1. The summed E-state index contributed by atoms with van der Waals surface area (Å²) >= 11 is 0. The lowest BCUT2D eigenvalue weighted by Gasteiger charge is -2.16. The van der Waals surface area contributed by atoms with E-state index >= 15 is 0 Å². The molecule has 0 aliphatic heterocycles. The van der Waals surface area contributed by atoms with Gasteiger partial charge in [0.2, 0.25) is 5.88 Å². The lowest BCUT2D eigenvalue weighted by atomic mass is 10.0. The molecule has 1 unspecified atom stereocenters. The van der Waals surface area contributed by atoms with Crippen molar-refractivity contribution in [2.24, 2.45) is 0 Å². The topological polar surface area (TPSA) is 62.1 Å². The van der Waals surface area contributed by atoms with Crippen molar-refractivity contribution in [3.63, 3.8) is 0 Å². The number of hydrogen-bond acceptors (Lipinski definition) is 5. The van der Waals surface area contributed by atoms with E-state index in [1.807, 2.05) is 24.3 Å². The van der Waals surface area contributed by atoms with Gasteiger partial charge in [-0.1, -0.05) is 12.1 Å². The van der Waals surface area contributed by atoms with Crippen LogP contribution in [0.4, 0.5) is 22.0 Å². The van der Waals surface area contributed by atoms with Crippen LogP contribution in [0.25, 0.3) is 11.3 Å². The summed E-state index contributed by atoms with van der Waals surface area (Å²) in [7, 11) is 1.58. The second-order valence-corrected chi connectivity index (χ2v) is 8.01. The van der Waals surface area contributed by atoms with Gasteiger partial charge in [-0.05, 0) is 43.7 Å². The van der Waals surface area contributed by atoms with Gasteiger partial charge >= 0.3 is 6.18 Å². The van der Waals surface area contributed by atoms with Crippen LogP contribution in [-0.2, 0) is 12.8 Å². The maximum atomic E-state index is 14.5. The van der Waals surface area contributed by atoms with E-state index in [0.717, 1.165) is 11.3 Å². The lowest BCUT2D eigenvalue weighted by molar-refractivity contribution is -0.138. The number of nitrogens with zero attached hydrogens (tertiary/aromatic N) is 4. The van der Waals surface area contributed by atoms with E-state index in [1.165, 1.54) is 24.0 Å². The molecule has 1 atom stereocenters. The van der Waals surface area contributed by atoms with Gasteiger partial charge in [0, 0.05) is 23.4 Å². The minimum atomic E-state index is -4.86. The number of halogens is 5. The minimum absolute atomic E-state index is 0.253. The molecule has 4 aromatic rings. The molecule has 11 heteroatoms. The Kier molecular flexibility index (Phi) is 6.91. The summed E-state index contributed by atoms with van der Waals surface area (Å²) in [6.07, 6.45) is -1.93. The molecule has 0 aliphatic rings. The Labute approximate surface area is 203 Å². The number of hydrogen-bond donors (Lipinski definition) is 0. The first-order chi connectivity index (χ1) is 17.0. The van der Waals surface area contributed by atoms with Gasteiger partial charge in [-0.15, -0.1) is 0 Å². The number of benzene rings is 2. The van der Waals surface area contributed by atoms with Crippen molar-refractivity contribution in [3.8, 4) is 22.9 Å². The highest BCUT2D eigenvalue weighted by Crippen LogP contribution is 2.34. The first-order valence-electron chi connectivity index (χ1n) is 10.8. The number of ether oxygens (including phenoxy) is 2. The third-order valence-electron chi connectivity index (χ3n) is 5.48. The Morgan fingerprint density at radius 3 is 2.28 bits per heavy atom. The first-order valence-corrected chi connectivity index (χ1v) is 10.8. The Bertz CT molecular complexity index is 1350. The van der Waals surface area contributed by atoms with Crippen LogP contribution in [0.2, 0.25) is 0 Å². The van der Waals surface area contributed by atoms with Crippen molar-refractivity contribution in [1.29, 1.82) is 0 Å². The van der Waals surface area contributed by atoms with E-state index in [9.17, 15) is 22.0 Å². The Morgan fingerprint density at radius 2 is 1.67 bits per heavy atom. The zero-order valence-electron chi connectivity index (χ0n) is 19.5. The van der Waals surface area contributed by atoms with Crippen LogP contribution in [0.1, 0.15) is 35.5 Å². The zero-order chi connectivity index (χ0) is 26.0. The van der Waals surface area contributed by atoms with Crippen LogP contribution in [0, 0.1) is 18.6 Å². The molecule has 0 saturated heterocycles. The van der Waals surface area contributed by atoms with Crippen LogP contribution in [0.15, 0.2) is 54.9 Å². The number of alkyl halides is 3. The number of rotatable bonds is 7. The average Bonchev–Trinajstić information content (AvgIpc) is 3.32. The first kappa shape index (κ1) is 25.1. The Morgan fingerprint density at radius 1 is 1.00 bits per heavy atom. The van der Waals surface area contributed by atoms with Gasteiger partial charge in [0.25, 0.3) is 0 Å². The molecule has 0 saturated carbocycles. The number of aromatic nitrogens is 4. The van der Waals surface area contributed by atoms with Gasteiger partial charge in [0.1, 0.15) is 29.8 Å². The Balaban J connectivity index is 1.55. The van der Waals surface area contributed by atoms with Crippen molar-refractivity contribution >= 4 is 0 Å². The van der Waals surface area contributed by atoms with E-state index in [4.69, 9.17) is 9.47 Å². The summed E-state index contributed by atoms with van der Waals surface area (Å²) in [5, 5.41) is 4.14. The van der Waals surface area contributed by atoms with E-state index in [2.05, 4.69) is 15.1 Å². The number of aryl methyl sites for hydroxylation is 1. The molecule has 6 nitrogen and oxygen atoms in total. The summed E-state index contributed by atoms with van der Waals surface area (Å²) in [6.45, 7) is 3.37. The highest BCUT2D eigenvalue weighted by molar-refractivity contribution is 5.58. The largest absolute Gasteiger partial charge is 0.497 e. The summed E-state index contributed by atoms with van der Waals surface area (Å²) in [5.74, 6) is -1.15. The standard InChI is InChI=1S/C25H21F5N4O2/c1-14(24-20(26)8-18(9-21(24)27)25(28,29)30)34-12-17(11-31-34)22-10-23(33-15(2)32-22)36-13-16-4-6-19(35-3)7-5-16/h4-12,14H,13H2,1-3H3. The summed E-state index contributed by atoms with van der Waals surface area (Å²) in [5.41, 5.74) is -0.0578. The molecule has 0 N–H and O–H groups in total. The molecule has 4 rings (SSSR count). The lowest BCUT2D eigenvalue weighted by Crippen LogP contribution is -2.14. The van der Waals surface area contributed by atoms with E-state index < -0.39 is 35.0 Å². The van der Waals surface area contributed by atoms with Crippen LogP contribution in [0.3, 0.4) is 0 Å². The molecular formula is C25H21F5N4O2. The number of methoxy groups -OCH3 is 1. The maximum absolute atomic E-state index is 14.5. The van der Waals surface area contributed by atoms with Crippen LogP contribution in [0.5, 0.6) is 11.6 Å². The van der Waals surface area contributed by atoms with Gasteiger partial charge < -0.3 is 9.47 Å². The fraction of sp³-hybridized carbons (Fsp3) is 0.240. The van der Waals surface area contributed by atoms with Crippen LogP contribution in [-0.4, -0.2) is 26.9 Å². The highest BCUT2D eigenvalue weighted by Gasteiger charge is 2.33. The Hall–Kier alpha value is -4.02. The molecule has 0 spiro atoms. The normalized spacial score (nSPS) is 12.4. The third kappa shape index (κ3) is 5.45. The smallest absolute Gasteiger partial charge is 0.416 e. The van der Waals surface area contributed by atoms with Gasteiger partial charge in [-0.2, -0.15) is 23.3 Å². The van der Waals surface area contributed by atoms with Gasteiger partial charge in [0.05, 0.1) is 30.6 Å². The second-order valence-electron chi connectivity index (χ2n) is 8.01. The van der Waals surface area contributed by atoms with Crippen molar-refractivity contribution in [3.05, 3.63) is 89.0 Å². The van der Waals surface area contributed by atoms with Gasteiger partial charge in [-0.25, -0.2) is 13.8 Å². The highest BCUT2D eigenvalue weighted by atomic mass is 19.4. The van der Waals surface area contributed by atoms with Crippen LogP contribution >= 0.6 is 0 Å². The molecule has 36 heavy (non-hydrogen) atoms. The van der Waals surface area contributed by atoms with E-state index in [1.54, 1.807) is 20.1 Å². The summed E-state index contributed by atoms with van der Waals surface area (Å²) < 4.78 is 79.7. The molecule has 0 fully saturated rings. The molecule has 0 bridgehead atoms. The molecule has 2 aromatic heterocycles. The second kappa shape index (κ2) is 9.92. The predicted molar refractivity (Wildman–Crippen MR) is 120 cm³/mol. The van der Waals surface area contributed by atoms with E-state index in [-0.39, 0.29) is 18.7 Å². The average molecular weight is 504 g/mol. The van der Waals surface area contributed by atoms with Crippen molar-refractivity contribution in [2.45, 2.75) is 32.7 Å². The molecule has 0 radical (unpaired) electrons. The van der Waals surface area contributed by atoms with E-state index in [0.29, 0.717) is 23.0 Å². The van der Waals surface area contributed by atoms with Crippen molar-refractivity contribution in [2.75, 3.05) is 7.11 Å². The molecule has 0 aliphatic carbocycles. The summed E-state index contributed by atoms with van der Waals surface area (Å²) in [6, 6.07) is 8.48. The molecule has 2 heterocycles. The third-order valence-corrected chi connectivity index (χ3v) is 5.48. The maximum Gasteiger partial charge on any atom is 0.416 e. The van der Waals surface area contributed by atoms with Crippen LogP contribution < -0.4 is 9.47 Å². The zero-order valence-corrected chi connectivity index (χ0v) is 19.5. The molecule has 2 aromatic carbocycles. The molecule has 0 amide bonds. The summed E-state index contributed by atoms with van der Waals surface area (Å²) in [4.78, 5) is 8.64. The van der Waals surface area contributed by atoms with Crippen molar-refractivity contribution < 1.29 is 31.4 Å². The fourth-order valence-electron chi connectivity index (χ4n) is 3.60. The van der Waals surface area contributed by atoms with Gasteiger partial charge in [0.15, 0.2) is 0 Å². The molecule has 188 valence electrons. The molecular weight excluding hydrogens is 483 g/mol. The minimum Gasteiger partial charge on any atom is -0.497 e. The fourth-order valence-corrected chi connectivity index (χ4v) is 3.60. The van der Waals surface area contributed by atoms with Gasteiger partial charge in [-0.3, -0.25) is 4.68 Å². The monoisotopic (exact) mass is 504 g/mol.